The fourth-order valence-electron chi connectivity index (χ4n) is 6.34. The van der Waals surface area contributed by atoms with E-state index in [0.717, 1.165) is 33.4 Å². The van der Waals surface area contributed by atoms with E-state index in [4.69, 9.17) is 4.74 Å². The van der Waals surface area contributed by atoms with Crippen LogP contribution in [0.15, 0.2) is 102 Å². The van der Waals surface area contributed by atoms with Gasteiger partial charge in [-0.2, -0.15) is 0 Å². The number of aliphatic hydroxyl groups is 1. The Morgan fingerprint density at radius 3 is 2.03 bits per heavy atom. The lowest BCUT2D eigenvalue weighted by molar-refractivity contribution is -0.153. The maximum atomic E-state index is 12.7. The summed E-state index contributed by atoms with van der Waals surface area (Å²) >= 11 is 0. The van der Waals surface area contributed by atoms with Crippen molar-refractivity contribution in [2.45, 2.75) is 32.3 Å². The van der Waals surface area contributed by atoms with Crippen LogP contribution >= 0.6 is 0 Å². The van der Waals surface area contributed by atoms with Crippen molar-refractivity contribution >= 4 is 11.5 Å². The second-order valence-corrected chi connectivity index (χ2v) is 10.8. The average Bonchev–Trinajstić information content (AvgIpc) is 3.16. The predicted octanol–water partition coefficient (Wildman–Crippen LogP) is 6.58. The van der Waals surface area contributed by atoms with Crippen LogP contribution in [0.25, 0.3) is 16.7 Å². The molecule has 2 N–H and O–H groups in total. The van der Waals surface area contributed by atoms with Gasteiger partial charge in [-0.25, -0.2) is 0 Å². The molecule has 1 heterocycles. The van der Waals surface area contributed by atoms with Crippen LogP contribution in [0.2, 0.25) is 0 Å². The lowest BCUT2D eigenvalue weighted by atomic mass is 9.63. The molecule has 0 saturated carbocycles. The maximum absolute atomic E-state index is 12.7. The van der Waals surface area contributed by atoms with Gasteiger partial charge < -0.3 is 14.9 Å². The van der Waals surface area contributed by atoms with Crippen molar-refractivity contribution in [3.8, 4) is 16.9 Å². The second-order valence-electron chi connectivity index (χ2n) is 10.8. The van der Waals surface area contributed by atoms with E-state index in [1.165, 1.54) is 0 Å². The van der Waals surface area contributed by atoms with Crippen LogP contribution in [0.4, 0.5) is 0 Å². The summed E-state index contributed by atoms with van der Waals surface area (Å²) in [7, 11) is 0. The van der Waals surface area contributed by atoms with E-state index < -0.39 is 22.9 Å². The number of ether oxygens (including phenoxy) is 1. The number of hydrogen-bond donors (Lipinski definition) is 2. The number of carboxylic acid groups (broad SMARTS) is 1. The van der Waals surface area contributed by atoms with E-state index in [9.17, 15) is 15.0 Å². The van der Waals surface area contributed by atoms with E-state index in [1.807, 2.05) is 75.4 Å². The molecule has 0 saturated heterocycles. The summed E-state index contributed by atoms with van der Waals surface area (Å²) in [5, 5.41) is 22.8. The number of hydrogen-bond acceptors (Lipinski definition) is 3. The topological polar surface area (TPSA) is 66.8 Å². The van der Waals surface area contributed by atoms with Gasteiger partial charge in [0.1, 0.15) is 17.1 Å². The first-order valence-electron chi connectivity index (χ1n) is 12.3. The summed E-state index contributed by atoms with van der Waals surface area (Å²) in [6.45, 7) is 5.56. The molecule has 0 fully saturated rings. The van der Waals surface area contributed by atoms with Crippen molar-refractivity contribution < 1.29 is 19.7 Å². The Bertz CT molecular complexity index is 1450. The lowest BCUT2D eigenvalue weighted by Crippen LogP contribution is -2.51. The first-order valence-corrected chi connectivity index (χ1v) is 12.3. The molecule has 2 aliphatic carbocycles. The molecule has 3 aliphatic rings. The summed E-state index contributed by atoms with van der Waals surface area (Å²) in [6, 6.07) is 24.5. The smallest absolute Gasteiger partial charge is 0.310 e. The molecule has 0 bridgehead atoms. The summed E-state index contributed by atoms with van der Waals surface area (Å²) in [4.78, 5) is 12.7. The highest BCUT2D eigenvalue weighted by Crippen LogP contribution is 2.58. The highest BCUT2D eigenvalue weighted by molar-refractivity contribution is 5.94. The van der Waals surface area contributed by atoms with Crippen LogP contribution in [-0.4, -0.2) is 21.8 Å². The number of benzene rings is 3. The number of rotatable bonds is 3. The Kier molecular flexibility index (Phi) is 4.89. The molecule has 0 spiro atoms. The van der Waals surface area contributed by atoms with Crippen molar-refractivity contribution in [2.24, 2.45) is 11.3 Å². The van der Waals surface area contributed by atoms with Crippen LogP contribution < -0.4 is 4.74 Å². The molecule has 3 aromatic rings. The third kappa shape index (κ3) is 3.14. The normalized spacial score (nSPS) is 21.1. The van der Waals surface area contributed by atoms with E-state index in [2.05, 4.69) is 24.3 Å². The standard InChI is InChI=1S/C32H28O4/c1-31(2,3)29(30(33)34)32(35)18-10-17-25-28(32)27(23-15-8-9-16-24(23)36-25)26-21-13-6-4-11-19(21)20-12-5-7-14-22(20)26/h4-18,26,29,35H,1-3H3,(H,33,34). The summed E-state index contributed by atoms with van der Waals surface area (Å²) in [6.07, 6.45) is 5.16. The van der Waals surface area contributed by atoms with Crippen LogP contribution in [0.1, 0.15) is 43.4 Å². The summed E-state index contributed by atoms with van der Waals surface area (Å²) in [5.74, 6) is -1.14. The molecule has 0 aromatic heterocycles. The number of allylic oxidation sites excluding steroid dienone is 3. The number of para-hydroxylation sites is 1. The predicted molar refractivity (Wildman–Crippen MR) is 140 cm³/mol. The Balaban J connectivity index is 1.74. The van der Waals surface area contributed by atoms with Crippen molar-refractivity contribution in [3.63, 3.8) is 0 Å². The Hall–Kier alpha value is -3.89. The highest BCUT2D eigenvalue weighted by Gasteiger charge is 2.54. The molecule has 1 aliphatic heterocycles. The molecular formula is C32H28O4. The zero-order chi connectivity index (χ0) is 25.2. The van der Waals surface area contributed by atoms with Crippen molar-refractivity contribution in [1.29, 1.82) is 0 Å². The lowest BCUT2D eigenvalue weighted by Gasteiger charge is -2.45. The molecule has 4 nitrogen and oxygen atoms in total. The fourth-order valence-corrected chi connectivity index (χ4v) is 6.34. The first-order chi connectivity index (χ1) is 17.2. The Labute approximate surface area is 210 Å². The average molecular weight is 477 g/mol. The van der Waals surface area contributed by atoms with Gasteiger partial charge in [0.2, 0.25) is 0 Å². The van der Waals surface area contributed by atoms with Crippen LogP contribution in [0, 0.1) is 11.3 Å². The van der Waals surface area contributed by atoms with Gasteiger partial charge >= 0.3 is 5.97 Å². The zero-order valence-electron chi connectivity index (χ0n) is 20.5. The summed E-state index contributed by atoms with van der Waals surface area (Å²) in [5.41, 5.74) is 4.37. The van der Waals surface area contributed by atoms with Gasteiger partial charge in [0, 0.05) is 17.1 Å². The number of carboxylic acids is 1. The highest BCUT2D eigenvalue weighted by atomic mass is 16.5. The molecule has 0 amide bonds. The monoisotopic (exact) mass is 476 g/mol. The Morgan fingerprint density at radius 2 is 1.44 bits per heavy atom. The van der Waals surface area contributed by atoms with E-state index in [-0.39, 0.29) is 5.92 Å². The minimum atomic E-state index is -1.77. The Morgan fingerprint density at radius 1 is 0.889 bits per heavy atom. The van der Waals surface area contributed by atoms with E-state index in [1.54, 1.807) is 12.2 Å². The van der Waals surface area contributed by atoms with Crippen LogP contribution in [-0.2, 0) is 4.79 Å². The van der Waals surface area contributed by atoms with Gasteiger partial charge in [-0.15, -0.1) is 0 Å². The molecule has 36 heavy (non-hydrogen) atoms. The molecule has 2 atom stereocenters. The van der Waals surface area contributed by atoms with Crippen molar-refractivity contribution in [2.75, 3.05) is 0 Å². The maximum Gasteiger partial charge on any atom is 0.310 e. The quantitative estimate of drug-likeness (QED) is 0.448. The minimum absolute atomic E-state index is 0.187. The molecule has 6 rings (SSSR count). The van der Waals surface area contributed by atoms with Crippen molar-refractivity contribution in [3.05, 3.63) is 119 Å². The third-order valence-electron chi connectivity index (χ3n) is 7.59. The first kappa shape index (κ1) is 22.6. The van der Waals surface area contributed by atoms with E-state index in [0.29, 0.717) is 17.1 Å². The van der Waals surface area contributed by atoms with Crippen LogP contribution in [0.3, 0.4) is 0 Å². The SMILES string of the molecule is CC(C)(C)C(C(=O)O)C1(O)C=CC=C2Oc3ccccc3C(C3c4ccccc4-c4ccccc43)=C21. The molecule has 3 aromatic carbocycles. The minimum Gasteiger partial charge on any atom is -0.481 e. The largest absolute Gasteiger partial charge is 0.481 e. The second kappa shape index (κ2) is 7.81. The van der Waals surface area contributed by atoms with Crippen molar-refractivity contribution in [1.82, 2.24) is 0 Å². The van der Waals surface area contributed by atoms with E-state index >= 15 is 0 Å². The van der Waals surface area contributed by atoms with Gasteiger partial charge in [0.05, 0.1) is 5.92 Å². The molecule has 180 valence electrons. The van der Waals surface area contributed by atoms with Crippen LogP contribution in [0.5, 0.6) is 5.75 Å². The van der Waals surface area contributed by atoms with Gasteiger partial charge in [0.25, 0.3) is 0 Å². The molecular weight excluding hydrogens is 448 g/mol. The number of fused-ring (bicyclic) bond motifs is 5. The molecule has 2 unspecified atom stereocenters. The number of aliphatic carboxylic acids is 1. The van der Waals surface area contributed by atoms with Gasteiger partial charge in [-0.1, -0.05) is 93.6 Å². The summed E-state index contributed by atoms with van der Waals surface area (Å²) < 4.78 is 6.34. The van der Waals surface area contributed by atoms with Gasteiger partial charge in [0.15, 0.2) is 0 Å². The fraction of sp³-hybridized carbons (Fsp3) is 0.219. The van der Waals surface area contributed by atoms with Gasteiger partial charge in [-0.3, -0.25) is 4.79 Å². The third-order valence-corrected chi connectivity index (χ3v) is 7.59. The zero-order valence-corrected chi connectivity index (χ0v) is 20.5. The van der Waals surface area contributed by atoms with Gasteiger partial charge in [-0.05, 0) is 51.5 Å². The molecule has 4 heteroatoms. The molecule has 0 radical (unpaired) electrons. The number of carbonyl (C=O) groups is 1.